The van der Waals surface area contributed by atoms with Crippen LogP contribution in [-0.4, -0.2) is 69.9 Å². The van der Waals surface area contributed by atoms with Gasteiger partial charge in [-0.2, -0.15) is 0 Å². The van der Waals surface area contributed by atoms with E-state index < -0.39 is 47.5 Å². The molecule has 3 amide bonds. The number of Topliss-reactive ketones (excluding diaryl/α,β-unsaturated/α-hetero) is 1. The Morgan fingerprint density at radius 3 is 2.21 bits per heavy atom. The lowest BCUT2D eigenvalue weighted by Gasteiger charge is -2.37. The Hall–Kier alpha value is -2.65. The maximum Gasteiger partial charge on any atom is 0.408 e. The van der Waals surface area contributed by atoms with Crippen molar-refractivity contribution in [2.45, 2.75) is 116 Å². The van der Waals surface area contributed by atoms with Gasteiger partial charge in [-0.05, 0) is 75.5 Å². The maximum absolute atomic E-state index is 14.1. The number of piperidine rings is 1. The molecule has 218 valence electrons. The number of ketones is 1. The third kappa shape index (κ3) is 6.74. The summed E-state index contributed by atoms with van der Waals surface area (Å²) >= 11 is 0. The summed E-state index contributed by atoms with van der Waals surface area (Å²) in [6.45, 7) is 9.80. The van der Waals surface area contributed by atoms with Gasteiger partial charge in [0.05, 0.1) is 6.04 Å². The molecule has 0 spiro atoms. The van der Waals surface area contributed by atoms with E-state index in [9.17, 15) is 29.1 Å². The molecule has 3 saturated carbocycles. The summed E-state index contributed by atoms with van der Waals surface area (Å²) in [6.07, 6.45) is 7.00. The lowest BCUT2D eigenvalue weighted by Crippen LogP contribution is -2.59. The van der Waals surface area contributed by atoms with Gasteiger partial charge in [0.25, 0.3) is 5.78 Å². The molecule has 0 aromatic rings. The van der Waals surface area contributed by atoms with Crippen LogP contribution in [0.25, 0.3) is 0 Å². The number of ether oxygens (including phenoxy) is 1. The summed E-state index contributed by atoms with van der Waals surface area (Å²) in [5.41, 5.74) is -0.879. The number of carboxylic acids is 1. The van der Waals surface area contributed by atoms with Gasteiger partial charge in [0.2, 0.25) is 11.8 Å². The lowest BCUT2D eigenvalue weighted by molar-refractivity contribution is -0.151. The number of carbonyl (C=O) groups is 5. The smallest absolute Gasteiger partial charge is 0.408 e. The standard InChI is InChI=1S/C29H45N3O7/c1-28(2,3)39-27(38)31-21(17-9-7-6-8-10-17)25(35)32-15-18-20(29(18,4)5)22(32)24(34)30-19(23(33)26(36)37)14-13-16-11-12-16/h16-22H,6-15H2,1-5H3,(H,30,34)(H,31,38)(H,36,37). The number of hydrogen-bond acceptors (Lipinski definition) is 6. The average Bonchev–Trinajstić information content (AvgIpc) is 3.71. The van der Waals surface area contributed by atoms with Crippen molar-refractivity contribution in [3.05, 3.63) is 0 Å². The van der Waals surface area contributed by atoms with E-state index >= 15 is 0 Å². The molecule has 4 rings (SSSR count). The molecule has 4 fully saturated rings. The minimum atomic E-state index is -1.57. The fourth-order valence-electron chi connectivity index (χ4n) is 6.76. The molecule has 5 unspecified atom stereocenters. The van der Waals surface area contributed by atoms with Crippen LogP contribution in [0.5, 0.6) is 0 Å². The Morgan fingerprint density at radius 2 is 1.64 bits per heavy atom. The van der Waals surface area contributed by atoms with Crippen LogP contribution in [0.3, 0.4) is 0 Å². The lowest BCUT2D eigenvalue weighted by atomic mass is 9.83. The molecular weight excluding hydrogens is 502 g/mol. The van der Waals surface area contributed by atoms with Gasteiger partial charge in [-0.25, -0.2) is 9.59 Å². The van der Waals surface area contributed by atoms with Crippen molar-refractivity contribution in [1.29, 1.82) is 0 Å². The first-order valence-corrected chi connectivity index (χ1v) is 14.6. The number of fused-ring (bicyclic) bond motifs is 1. The minimum absolute atomic E-state index is 0.0627. The molecule has 0 aromatic heterocycles. The number of nitrogens with zero attached hydrogens (tertiary/aromatic N) is 1. The minimum Gasteiger partial charge on any atom is -0.475 e. The molecule has 10 heteroatoms. The van der Waals surface area contributed by atoms with Crippen LogP contribution in [0.15, 0.2) is 0 Å². The number of nitrogens with one attached hydrogen (secondary N) is 2. The topological polar surface area (TPSA) is 142 Å². The highest BCUT2D eigenvalue weighted by atomic mass is 16.6. The molecule has 0 aromatic carbocycles. The van der Waals surface area contributed by atoms with Gasteiger partial charge in [0.15, 0.2) is 0 Å². The van der Waals surface area contributed by atoms with Crippen molar-refractivity contribution in [2.75, 3.05) is 6.54 Å². The Balaban J connectivity index is 1.54. The van der Waals surface area contributed by atoms with Gasteiger partial charge in [0, 0.05) is 6.54 Å². The maximum atomic E-state index is 14.1. The van der Waals surface area contributed by atoms with E-state index in [1.54, 1.807) is 25.7 Å². The first-order chi connectivity index (χ1) is 18.2. The van der Waals surface area contributed by atoms with Crippen LogP contribution < -0.4 is 10.6 Å². The van der Waals surface area contributed by atoms with Crippen molar-refractivity contribution in [2.24, 2.45) is 29.1 Å². The van der Waals surface area contributed by atoms with Gasteiger partial charge in [0.1, 0.15) is 17.7 Å². The van der Waals surface area contributed by atoms with E-state index in [1.165, 1.54) is 0 Å². The Morgan fingerprint density at radius 1 is 1.00 bits per heavy atom. The van der Waals surface area contributed by atoms with Crippen molar-refractivity contribution >= 4 is 29.7 Å². The number of aliphatic carboxylic acids is 1. The molecule has 4 aliphatic rings. The first kappa shape index (κ1) is 29.3. The van der Waals surface area contributed by atoms with Crippen molar-refractivity contribution < 1.29 is 33.8 Å². The van der Waals surface area contributed by atoms with Crippen LogP contribution in [0.4, 0.5) is 4.79 Å². The summed E-state index contributed by atoms with van der Waals surface area (Å²) in [7, 11) is 0. The van der Waals surface area contributed by atoms with Crippen molar-refractivity contribution in [3.63, 3.8) is 0 Å². The molecule has 5 atom stereocenters. The molecule has 1 aliphatic heterocycles. The van der Waals surface area contributed by atoms with Crippen LogP contribution in [0.2, 0.25) is 0 Å². The zero-order chi connectivity index (χ0) is 28.7. The summed E-state index contributed by atoms with van der Waals surface area (Å²) in [5.74, 6) is -2.97. The van der Waals surface area contributed by atoms with Crippen LogP contribution in [0, 0.1) is 29.1 Å². The highest BCUT2D eigenvalue weighted by Gasteiger charge is 2.69. The number of amides is 3. The number of hydrogen-bond donors (Lipinski definition) is 3. The largest absolute Gasteiger partial charge is 0.475 e. The molecule has 39 heavy (non-hydrogen) atoms. The van der Waals surface area contributed by atoms with E-state index in [2.05, 4.69) is 24.5 Å². The summed E-state index contributed by atoms with van der Waals surface area (Å²) < 4.78 is 5.47. The molecule has 0 radical (unpaired) electrons. The molecule has 10 nitrogen and oxygen atoms in total. The van der Waals surface area contributed by atoms with Crippen molar-refractivity contribution in [1.82, 2.24) is 15.5 Å². The third-order valence-corrected chi connectivity index (χ3v) is 9.22. The van der Waals surface area contributed by atoms with Crippen LogP contribution in [0.1, 0.15) is 92.4 Å². The highest BCUT2D eigenvalue weighted by Crippen LogP contribution is 2.65. The second-order valence-electron chi connectivity index (χ2n) is 13.7. The first-order valence-electron chi connectivity index (χ1n) is 14.6. The Bertz CT molecular complexity index is 993. The fourth-order valence-corrected chi connectivity index (χ4v) is 6.76. The van der Waals surface area contributed by atoms with Crippen LogP contribution >= 0.6 is 0 Å². The molecule has 0 bridgehead atoms. The molecule has 1 saturated heterocycles. The van der Waals surface area contributed by atoms with E-state index in [0.717, 1.165) is 44.9 Å². The highest BCUT2D eigenvalue weighted by molar-refractivity contribution is 6.35. The van der Waals surface area contributed by atoms with Gasteiger partial charge in [-0.1, -0.05) is 46.0 Å². The molecule has 3 aliphatic carbocycles. The van der Waals surface area contributed by atoms with Gasteiger partial charge >= 0.3 is 12.1 Å². The molecule has 3 N–H and O–H groups in total. The quantitative estimate of drug-likeness (QED) is 0.356. The van der Waals surface area contributed by atoms with E-state index in [4.69, 9.17) is 4.74 Å². The molecule has 1 heterocycles. The predicted molar refractivity (Wildman–Crippen MR) is 143 cm³/mol. The summed E-state index contributed by atoms with van der Waals surface area (Å²) in [6, 6.07) is -2.76. The SMILES string of the molecule is CC(C)(C)OC(=O)NC(C(=O)N1CC2C(C1C(=O)NC(CCC1CC1)C(=O)C(=O)O)C2(C)C)C1CCCCC1. The summed E-state index contributed by atoms with van der Waals surface area (Å²) in [5, 5.41) is 14.9. The number of carbonyl (C=O) groups excluding carboxylic acids is 4. The van der Waals surface area contributed by atoms with Gasteiger partial charge in [-0.3, -0.25) is 14.4 Å². The Labute approximate surface area is 231 Å². The number of alkyl carbamates (subject to hydrolysis) is 1. The van der Waals surface area contributed by atoms with E-state index in [1.807, 2.05) is 0 Å². The zero-order valence-electron chi connectivity index (χ0n) is 24.0. The van der Waals surface area contributed by atoms with E-state index in [-0.39, 0.29) is 35.5 Å². The van der Waals surface area contributed by atoms with Crippen LogP contribution in [-0.2, 0) is 23.9 Å². The second-order valence-corrected chi connectivity index (χ2v) is 13.7. The van der Waals surface area contributed by atoms with Gasteiger partial charge in [-0.15, -0.1) is 0 Å². The molecular formula is C29H45N3O7. The number of carboxylic acid groups (broad SMARTS) is 1. The summed E-state index contributed by atoms with van der Waals surface area (Å²) in [4.78, 5) is 66.1. The average molecular weight is 548 g/mol. The fraction of sp³-hybridized carbons (Fsp3) is 0.828. The van der Waals surface area contributed by atoms with Gasteiger partial charge < -0.3 is 25.4 Å². The third-order valence-electron chi connectivity index (χ3n) is 9.22. The predicted octanol–water partition coefficient (Wildman–Crippen LogP) is 3.27. The Kier molecular flexibility index (Phi) is 8.34. The monoisotopic (exact) mass is 547 g/mol. The van der Waals surface area contributed by atoms with Crippen molar-refractivity contribution in [3.8, 4) is 0 Å². The number of rotatable bonds is 10. The normalized spacial score (nSPS) is 27.6. The number of likely N-dealkylation sites (tertiary alicyclic amines) is 1. The van der Waals surface area contributed by atoms with E-state index in [0.29, 0.717) is 18.9 Å². The zero-order valence-corrected chi connectivity index (χ0v) is 24.0. The second kappa shape index (κ2) is 11.1.